The maximum absolute atomic E-state index is 5.42. The fraction of sp³-hybridized carbons (Fsp3) is 0.538. The summed E-state index contributed by atoms with van der Waals surface area (Å²) in [6.45, 7) is 0. The van der Waals surface area contributed by atoms with Crippen molar-refractivity contribution >= 4 is 12.6 Å². The molecular formula is C13H21NO2S. The molecular weight excluding hydrogens is 234 g/mol. The van der Waals surface area contributed by atoms with Gasteiger partial charge in [-0.25, -0.2) is 0 Å². The van der Waals surface area contributed by atoms with Crippen molar-refractivity contribution in [1.82, 2.24) is 4.90 Å². The van der Waals surface area contributed by atoms with E-state index in [9.17, 15) is 0 Å². The highest BCUT2D eigenvalue weighted by molar-refractivity contribution is 7.80. The highest BCUT2D eigenvalue weighted by atomic mass is 32.1. The monoisotopic (exact) mass is 255 g/mol. The zero-order chi connectivity index (χ0) is 12.8. The van der Waals surface area contributed by atoms with Crippen molar-refractivity contribution in [2.45, 2.75) is 12.5 Å². The molecule has 3 nitrogen and oxygen atoms in total. The van der Waals surface area contributed by atoms with Crippen LogP contribution in [0.1, 0.15) is 18.0 Å². The molecule has 0 aliphatic rings. The van der Waals surface area contributed by atoms with Gasteiger partial charge >= 0.3 is 0 Å². The van der Waals surface area contributed by atoms with Crippen LogP contribution in [0, 0.1) is 0 Å². The molecule has 0 aliphatic heterocycles. The summed E-state index contributed by atoms with van der Waals surface area (Å²) in [6, 6.07) is 6.18. The van der Waals surface area contributed by atoms with E-state index < -0.39 is 0 Å². The maximum atomic E-state index is 5.42. The van der Waals surface area contributed by atoms with E-state index in [0.717, 1.165) is 29.2 Å². The van der Waals surface area contributed by atoms with E-state index >= 15 is 0 Å². The summed E-state index contributed by atoms with van der Waals surface area (Å²) < 4.78 is 10.7. The van der Waals surface area contributed by atoms with Crippen LogP contribution in [0.2, 0.25) is 0 Å². The van der Waals surface area contributed by atoms with Gasteiger partial charge in [-0.05, 0) is 44.5 Å². The largest absolute Gasteiger partial charge is 0.497 e. The molecule has 0 saturated heterocycles. The lowest BCUT2D eigenvalue weighted by Crippen LogP contribution is -2.21. The second kappa shape index (κ2) is 6.77. The van der Waals surface area contributed by atoms with Crippen molar-refractivity contribution in [2.24, 2.45) is 0 Å². The molecule has 0 spiro atoms. The molecule has 0 heterocycles. The lowest BCUT2D eigenvalue weighted by Gasteiger charge is -2.26. The zero-order valence-corrected chi connectivity index (χ0v) is 11.8. The molecule has 0 radical (unpaired) electrons. The Hall–Kier alpha value is -0.870. The van der Waals surface area contributed by atoms with Gasteiger partial charge in [0.15, 0.2) is 0 Å². The molecule has 1 aromatic rings. The van der Waals surface area contributed by atoms with Crippen molar-refractivity contribution < 1.29 is 9.47 Å². The average Bonchev–Trinajstić information content (AvgIpc) is 2.34. The fourth-order valence-corrected chi connectivity index (χ4v) is 2.16. The van der Waals surface area contributed by atoms with Crippen molar-refractivity contribution in [1.29, 1.82) is 0 Å². The topological polar surface area (TPSA) is 21.7 Å². The van der Waals surface area contributed by atoms with Crippen LogP contribution in [0.3, 0.4) is 0 Å². The van der Waals surface area contributed by atoms with E-state index in [-0.39, 0.29) is 6.04 Å². The van der Waals surface area contributed by atoms with Crippen LogP contribution in [0.25, 0.3) is 0 Å². The Balaban J connectivity index is 3.13. The number of methoxy groups -OCH3 is 2. The molecule has 0 fully saturated rings. The van der Waals surface area contributed by atoms with E-state index in [1.807, 2.05) is 18.2 Å². The van der Waals surface area contributed by atoms with E-state index in [4.69, 9.17) is 9.47 Å². The minimum Gasteiger partial charge on any atom is -0.497 e. The summed E-state index contributed by atoms with van der Waals surface area (Å²) >= 11 is 4.32. The average molecular weight is 255 g/mol. The van der Waals surface area contributed by atoms with Gasteiger partial charge in [0.1, 0.15) is 11.5 Å². The number of hydrogen-bond acceptors (Lipinski definition) is 4. The highest BCUT2D eigenvalue weighted by Gasteiger charge is 2.18. The van der Waals surface area contributed by atoms with Gasteiger partial charge in [-0.2, -0.15) is 12.6 Å². The molecule has 4 heteroatoms. The second-order valence-electron chi connectivity index (χ2n) is 4.10. The minimum absolute atomic E-state index is 0.289. The van der Waals surface area contributed by atoms with E-state index in [1.54, 1.807) is 14.2 Å². The Morgan fingerprint density at radius 3 is 2.41 bits per heavy atom. The molecule has 1 atom stereocenters. The highest BCUT2D eigenvalue weighted by Crippen LogP contribution is 2.33. The quantitative estimate of drug-likeness (QED) is 0.790. The summed E-state index contributed by atoms with van der Waals surface area (Å²) in [6.07, 6.45) is 0.972. The Morgan fingerprint density at radius 2 is 1.94 bits per heavy atom. The van der Waals surface area contributed by atoms with Crippen LogP contribution in [0.15, 0.2) is 18.2 Å². The molecule has 96 valence electrons. The molecule has 0 aromatic heterocycles. The summed E-state index contributed by atoms with van der Waals surface area (Å²) in [4.78, 5) is 2.17. The number of benzene rings is 1. The van der Waals surface area contributed by atoms with Crippen LogP contribution < -0.4 is 9.47 Å². The van der Waals surface area contributed by atoms with Crippen LogP contribution >= 0.6 is 12.6 Å². The Bertz CT molecular complexity index is 355. The normalized spacial score (nSPS) is 12.6. The van der Waals surface area contributed by atoms with Crippen LogP contribution in [0.5, 0.6) is 11.5 Å². The third-order valence-electron chi connectivity index (χ3n) is 2.82. The van der Waals surface area contributed by atoms with Gasteiger partial charge < -0.3 is 14.4 Å². The predicted molar refractivity (Wildman–Crippen MR) is 74.4 cm³/mol. The van der Waals surface area contributed by atoms with Gasteiger partial charge in [-0.3, -0.25) is 0 Å². The second-order valence-corrected chi connectivity index (χ2v) is 4.55. The molecule has 0 saturated carbocycles. The van der Waals surface area contributed by atoms with E-state index in [1.165, 1.54) is 0 Å². The van der Waals surface area contributed by atoms with E-state index in [0.29, 0.717) is 0 Å². The number of rotatable bonds is 6. The first-order valence-corrected chi connectivity index (χ1v) is 6.26. The summed E-state index contributed by atoms with van der Waals surface area (Å²) in [5.74, 6) is 2.58. The summed E-state index contributed by atoms with van der Waals surface area (Å²) in [5, 5.41) is 0. The third kappa shape index (κ3) is 3.54. The first-order valence-electron chi connectivity index (χ1n) is 5.63. The van der Waals surface area contributed by atoms with Gasteiger partial charge in [-0.15, -0.1) is 0 Å². The molecule has 1 rings (SSSR count). The molecule has 0 bridgehead atoms. The van der Waals surface area contributed by atoms with Gasteiger partial charge in [0.05, 0.1) is 14.2 Å². The Labute approximate surface area is 109 Å². The molecule has 0 N–H and O–H groups in total. The number of ether oxygens (including phenoxy) is 2. The van der Waals surface area contributed by atoms with Gasteiger partial charge in [0.2, 0.25) is 0 Å². The van der Waals surface area contributed by atoms with Gasteiger partial charge in [0.25, 0.3) is 0 Å². The summed E-state index contributed by atoms with van der Waals surface area (Å²) in [7, 11) is 7.49. The Morgan fingerprint density at radius 1 is 1.24 bits per heavy atom. The maximum Gasteiger partial charge on any atom is 0.123 e. The lowest BCUT2D eigenvalue weighted by molar-refractivity contribution is 0.282. The zero-order valence-electron chi connectivity index (χ0n) is 10.9. The number of nitrogens with zero attached hydrogens (tertiary/aromatic N) is 1. The first-order chi connectivity index (χ1) is 8.13. The van der Waals surface area contributed by atoms with Crippen molar-refractivity contribution in [2.75, 3.05) is 34.1 Å². The molecule has 0 amide bonds. The molecule has 0 aliphatic carbocycles. The van der Waals surface area contributed by atoms with Crippen LogP contribution in [-0.4, -0.2) is 39.0 Å². The lowest BCUT2D eigenvalue weighted by atomic mass is 10.0. The molecule has 17 heavy (non-hydrogen) atoms. The first kappa shape index (κ1) is 14.2. The smallest absolute Gasteiger partial charge is 0.123 e. The van der Waals surface area contributed by atoms with Crippen molar-refractivity contribution in [3.05, 3.63) is 23.8 Å². The predicted octanol–water partition coefficient (Wildman–Crippen LogP) is 2.63. The van der Waals surface area contributed by atoms with Crippen LogP contribution in [0.4, 0.5) is 0 Å². The minimum atomic E-state index is 0.289. The third-order valence-corrected chi connectivity index (χ3v) is 3.08. The van der Waals surface area contributed by atoms with Gasteiger partial charge in [0, 0.05) is 11.6 Å². The standard InChI is InChI=1S/C13H21NO2S/c1-14(2)12(7-8-17)11-9-10(15-3)5-6-13(11)16-4/h5-6,9,12,17H,7-8H2,1-4H3. The summed E-state index contributed by atoms with van der Waals surface area (Å²) in [5.41, 5.74) is 1.14. The fourth-order valence-electron chi connectivity index (χ4n) is 1.91. The van der Waals surface area contributed by atoms with Crippen molar-refractivity contribution in [3.63, 3.8) is 0 Å². The Kier molecular flexibility index (Phi) is 5.65. The molecule has 1 aromatic carbocycles. The van der Waals surface area contributed by atoms with Crippen molar-refractivity contribution in [3.8, 4) is 11.5 Å². The molecule has 1 unspecified atom stereocenters. The van der Waals surface area contributed by atoms with Crippen LogP contribution in [-0.2, 0) is 0 Å². The number of thiol groups is 1. The van der Waals surface area contributed by atoms with E-state index in [2.05, 4.69) is 31.6 Å². The number of hydrogen-bond donors (Lipinski definition) is 1. The van der Waals surface area contributed by atoms with Gasteiger partial charge in [-0.1, -0.05) is 0 Å². The SMILES string of the molecule is COc1ccc(OC)c(C(CCS)N(C)C)c1.